The maximum absolute atomic E-state index is 13.6. The number of rotatable bonds is 4. The van der Waals surface area contributed by atoms with Crippen LogP contribution in [0.2, 0.25) is 0 Å². The van der Waals surface area contributed by atoms with Gasteiger partial charge in [0.25, 0.3) is 5.91 Å². The number of para-hydroxylation sites is 1. The minimum Gasteiger partial charge on any atom is -0.459 e. The second-order valence-electron chi connectivity index (χ2n) is 8.36. The Morgan fingerprint density at radius 2 is 1.49 bits per heavy atom. The van der Waals surface area contributed by atoms with Gasteiger partial charge < -0.3 is 4.42 Å². The highest BCUT2D eigenvalue weighted by Gasteiger charge is 2.61. The Bertz CT molecular complexity index is 1410. The van der Waals surface area contributed by atoms with Crippen LogP contribution in [0.4, 0.5) is 15.8 Å². The molecule has 0 N–H and O–H groups in total. The number of halogens is 2. The van der Waals surface area contributed by atoms with E-state index in [1.807, 2.05) is 66.7 Å². The lowest BCUT2D eigenvalue weighted by Gasteiger charge is -2.27. The van der Waals surface area contributed by atoms with Gasteiger partial charge in [-0.15, -0.1) is 0 Å². The smallest absolute Gasteiger partial charge is 0.266 e. The van der Waals surface area contributed by atoms with E-state index in [0.29, 0.717) is 22.9 Å². The fourth-order valence-corrected chi connectivity index (χ4v) is 4.89. The fourth-order valence-electron chi connectivity index (χ4n) is 4.63. The van der Waals surface area contributed by atoms with E-state index in [4.69, 9.17) is 9.25 Å². The highest BCUT2D eigenvalue weighted by atomic mass is 79.9. The predicted octanol–water partition coefficient (Wildman–Crippen LogP) is 5.90. The Morgan fingerprint density at radius 1 is 0.771 bits per heavy atom. The summed E-state index contributed by atoms with van der Waals surface area (Å²) >= 11 is 3.43. The predicted molar refractivity (Wildman–Crippen MR) is 131 cm³/mol. The minimum atomic E-state index is -1.03. The largest absolute Gasteiger partial charge is 0.459 e. The number of imide groups is 1. The van der Waals surface area contributed by atoms with Crippen LogP contribution in [-0.2, 0) is 14.4 Å². The first kappa shape index (κ1) is 21.8. The SMILES string of the molecule is O=C1[C@H]2[C@H](ON(c3ccccc3)[C@H]2c2ccc(-c3ccc(Br)cc3)o2)C(=O)N1c1ccc(F)cc1. The highest BCUT2D eigenvalue weighted by Crippen LogP contribution is 2.48. The molecular weight excluding hydrogens is 515 g/mol. The van der Waals surface area contributed by atoms with Gasteiger partial charge in [-0.1, -0.05) is 46.3 Å². The van der Waals surface area contributed by atoms with Crippen molar-refractivity contribution in [2.24, 2.45) is 5.92 Å². The van der Waals surface area contributed by atoms with E-state index in [2.05, 4.69) is 15.9 Å². The highest BCUT2D eigenvalue weighted by molar-refractivity contribution is 9.10. The lowest BCUT2D eigenvalue weighted by Crippen LogP contribution is -2.37. The van der Waals surface area contributed by atoms with Gasteiger partial charge in [0.15, 0.2) is 6.10 Å². The monoisotopic (exact) mass is 532 g/mol. The van der Waals surface area contributed by atoms with E-state index in [0.717, 1.165) is 14.9 Å². The maximum Gasteiger partial charge on any atom is 0.266 e. The molecule has 35 heavy (non-hydrogen) atoms. The number of carbonyl (C=O) groups is 2. The van der Waals surface area contributed by atoms with Gasteiger partial charge in [-0.05, 0) is 60.7 Å². The van der Waals surface area contributed by atoms with Crippen LogP contribution in [0, 0.1) is 11.7 Å². The van der Waals surface area contributed by atoms with Crippen molar-refractivity contribution in [3.05, 3.63) is 107 Å². The first-order valence-corrected chi connectivity index (χ1v) is 11.8. The molecule has 2 amide bonds. The summed E-state index contributed by atoms with van der Waals surface area (Å²) in [6.45, 7) is 0. The van der Waals surface area contributed by atoms with Crippen LogP contribution in [0.15, 0.2) is 99.9 Å². The van der Waals surface area contributed by atoms with Gasteiger partial charge in [0, 0.05) is 10.0 Å². The molecule has 2 saturated heterocycles. The average molecular weight is 533 g/mol. The number of benzene rings is 3. The fraction of sp³-hybridized carbons (Fsp3) is 0.111. The Kier molecular flexibility index (Phi) is 5.27. The van der Waals surface area contributed by atoms with Gasteiger partial charge in [0.05, 0.1) is 11.4 Å². The number of furan rings is 1. The molecule has 8 heteroatoms. The van der Waals surface area contributed by atoms with Crippen LogP contribution in [0.3, 0.4) is 0 Å². The average Bonchev–Trinajstić information content (AvgIpc) is 3.56. The maximum atomic E-state index is 13.6. The standard InChI is InChI=1S/C27H18BrFN2O4/c28-17-8-6-16(7-9-17)21-14-15-22(34-21)24-23-25(35-31(24)20-4-2-1-3-5-20)27(33)30(26(23)32)19-12-10-18(29)11-13-19/h1-15,23-25H/t23-,24+,25+/m1/s1. The zero-order valence-electron chi connectivity index (χ0n) is 18.2. The molecule has 174 valence electrons. The summed E-state index contributed by atoms with van der Waals surface area (Å²) in [5.74, 6) is -1.06. The molecule has 4 aromatic rings. The zero-order chi connectivity index (χ0) is 24.1. The number of hydrogen-bond donors (Lipinski definition) is 0. The number of fused-ring (bicyclic) bond motifs is 1. The Morgan fingerprint density at radius 3 is 2.20 bits per heavy atom. The van der Waals surface area contributed by atoms with Crippen LogP contribution in [0.1, 0.15) is 11.8 Å². The number of nitrogens with zero attached hydrogens (tertiary/aromatic N) is 2. The number of hydrogen-bond acceptors (Lipinski definition) is 5. The third kappa shape index (κ3) is 3.66. The normalized spacial score (nSPS) is 21.6. The summed E-state index contributed by atoms with van der Waals surface area (Å²) in [6, 6.07) is 25.2. The molecular formula is C27H18BrFN2O4. The second kappa shape index (κ2) is 8.48. The molecule has 0 saturated carbocycles. The van der Waals surface area contributed by atoms with Crippen molar-refractivity contribution in [3.63, 3.8) is 0 Å². The molecule has 3 heterocycles. The van der Waals surface area contributed by atoms with E-state index < -0.39 is 35.7 Å². The van der Waals surface area contributed by atoms with Gasteiger partial charge in [-0.2, -0.15) is 0 Å². The first-order chi connectivity index (χ1) is 17.0. The Balaban J connectivity index is 1.41. The van der Waals surface area contributed by atoms with E-state index >= 15 is 0 Å². The molecule has 0 bridgehead atoms. The molecule has 0 radical (unpaired) electrons. The summed E-state index contributed by atoms with van der Waals surface area (Å²) in [5.41, 5.74) is 1.88. The number of anilines is 2. The molecule has 2 aliphatic heterocycles. The molecule has 6 rings (SSSR count). The second-order valence-corrected chi connectivity index (χ2v) is 9.27. The third-order valence-corrected chi connectivity index (χ3v) is 6.79. The molecule has 3 aromatic carbocycles. The molecule has 0 spiro atoms. The summed E-state index contributed by atoms with van der Waals surface area (Å²) < 4.78 is 20.6. The van der Waals surface area contributed by atoms with Crippen LogP contribution in [0.25, 0.3) is 11.3 Å². The van der Waals surface area contributed by atoms with Crippen molar-refractivity contribution >= 4 is 39.1 Å². The summed E-state index contributed by atoms with van der Waals surface area (Å²) in [7, 11) is 0. The molecule has 2 aliphatic rings. The van der Waals surface area contributed by atoms with E-state index in [9.17, 15) is 14.0 Å². The van der Waals surface area contributed by atoms with Crippen molar-refractivity contribution in [2.45, 2.75) is 12.1 Å². The van der Waals surface area contributed by atoms with Gasteiger partial charge in [0.2, 0.25) is 5.91 Å². The molecule has 2 fully saturated rings. The van der Waals surface area contributed by atoms with Crippen molar-refractivity contribution in [1.82, 2.24) is 0 Å². The van der Waals surface area contributed by atoms with E-state index in [-0.39, 0.29) is 0 Å². The lowest BCUT2D eigenvalue weighted by molar-refractivity contribution is -0.126. The summed E-state index contributed by atoms with van der Waals surface area (Å²) in [6.07, 6.45) is -1.03. The van der Waals surface area contributed by atoms with E-state index in [1.54, 1.807) is 5.06 Å². The topological polar surface area (TPSA) is 63.0 Å². The van der Waals surface area contributed by atoms with Crippen molar-refractivity contribution in [3.8, 4) is 11.3 Å². The van der Waals surface area contributed by atoms with Gasteiger partial charge in [-0.25, -0.2) is 14.4 Å². The quantitative estimate of drug-likeness (QED) is 0.306. The molecule has 3 atom stereocenters. The first-order valence-electron chi connectivity index (χ1n) is 11.0. The Labute approximate surface area is 208 Å². The summed E-state index contributed by atoms with van der Waals surface area (Å²) in [4.78, 5) is 34.1. The van der Waals surface area contributed by atoms with Crippen molar-refractivity contribution < 1.29 is 23.2 Å². The van der Waals surface area contributed by atoms with Crippen LogP contribution in [-0.4, -0.2) is 17.9 Å². The Hall–Kier alpha value is -3.75. The minimum absolute atomic E-state index is 0.305. The molecule has 0 unspecified atom stereocenters. The van der Waals surface area contributed by atoms with Gasteiger partial charge in [-0.3, -0.25) is 14.4 Å². The van der Waals surface area contributed by atoms with Crippen molar-refractivity contribution in [2.75, 3.05) is 9.96 Å². The van der Waals surface area contributed by atoms with Gasteiger partial charge >= 0.3 is 0 Å². The van der Waals surface area contributed by atoms with E-state index in [1.165, 1.54) is 24.3 Å². The van der Waals surface area contributed by atoms with Crippen LogP contribution in [0.5, 0.6) is 0 Å². The van der Waals surface area contributed by atoms with Crippen LogP contribution >= 0.6 is 15.9 Å². The number of hydroxylamine groups is 1. The van der Waals surface area contributed by atoms with Crippen LogP contribution < -0.4 is 9.96 Å². The van der Waals surface area contributed by atoms with Gasteiger partial charge in [0.1, 0.15) is 29.3 Å². The molecule has 6 nitrogen and oxygen atoms in total. The third-order valence-electron chi connectivity index (χ3n) is 6.26. The lowest BCUT2D eigenvalue weighted by atomic mass is 9.94. The molecule has 1 aromatic heterocycles. The number of carbonyl (C=O) groups excluding carboxylic acids is 2. The van der Waals surface area contributed by atoms with Crippen molar-refractivity contribution in [1.29, 1.82) is 0 Å². The molecule has 0 aliphatic carbocycles. The zero-order valence-corrected chi connectivity index (χ0v) is 19.8. The number of amides is 2. The summed E-state index contributed by atoms with van der Waals surface area (Å²) in [5, 5.41) is 1.58.